The van der Waals surface area contributed by atoms with Gasteiger partial charge in [-0.15, -0.1) is 0 Å². The van der Waals surface area contributed by atoms with Crippen LogP contribution >= 0.6 is 0 Å². The molecule has 27 heavy (non-hydrogen) atoms. The second kappa shape index (κ2) is 20.9. The summed E-state index contributed by atoms with van der Waals surface area (Å²) in [5.41, 5.74) is 0. The minimum atomic E-state index is -1.44. The first kappa shape index (κ1) is 25.6. The second-order valence-electron chi connectivity index (χ2n) is 6.08. The third kappa shape index (κ3) is 20.7. The number of hydrogen-bond acceptors (Lipinski definition) is 9. The van der Waals surface area contributed by atoms with Gasteiger partial charge in [0.15, 0.2) is 0 Å². The topological polar surface area (TPSA) is 98.8 Å². The number of hydrogen-bond donors (Lipinski definition) is 0. The summed E-state index contributed by atoms with van der Waals surface area (Å²) >= 11 is 0. The van der Waals surface area contributed by atoms with E-state index in [0.29, 0.717) is 0 Å². The van der Waals surface area contributed by atoms with Crippen molar-refractivity contribution in [3.8, 4) is 0 Å². The predicted molar refractivity (Wildman–Crippen MR) is 94.9 cm³/mol. The molecule has 0 aromatic rings. The summed E-state index contributed by atoms with van der Waals surface area (Å²) in [5.74, 6) is 0. The van der Waals surface area contributed by atoms with Crippen LogP contribution in [0.25, 0.3) is 0 Å². The highest BCUT2D eigenvalue weighted by Gasteiger charge is 2.16. The molecule has 0 aromatic heterocycles. The molecular formula is C18H34O9. The van der Waals surface area contributed by atoms with Crippen LogP contribution in [0.2, 0.25) is 0 Å². The van der Waals surface area contributed by atoms with Crippen molar-refractivity contribution in [1.29, 1.82) is 0 Å². The minimum Gasteiger partial charge on any atom is -0.323 e. The third-order valence-corrected chi connectivity index (χ3v) is 3.63. The van der Waals surface area contributed by atoms with Crippen LogP contribution in [-0.4, -0.2) is 25.5 Å². The lowest BCUT2D eigenvalue weighted by Gasteiger charge is -2.04. The van der Waals surface area contributed by atoms with E-state index in [9.17, 15) is 9.59 Å². The maximum atomic E-state index is 11.1. The Labute approximate surface area is 161 Å². The van der Waals surface area contributed by atoms with Crippen LogP contribution < -0.4 is 0 Å². The van der Waals surface area contributed by atoms with Gasteiger partial charge in [0.05, 0.1) is 13.2 Å². The SMILES string of the molecule is CCCCCCCCOOOC(=O)OC(=O)OOOCCCCCCCC. The smallest absolute Gasteiger partial charge is 0.323 e. The molecule has 0 aliphatic heterocycles. The summed E-state index contributed by atoms with van der Waals surface area (Å²) in [5, 5.41) is 8.33. The number of carbonyl (C=O) groups is 2. The third-order valence-electron chi connectivity index (χ3n) is 3.63. The Morgan fingerprint density at radius 3 is 1.33 bits per heavy atom. The summed E-state index contributed by atoms with van der Waals surface area (Å²) in [6.45, 7) is 4.83. The highest BCUT2D eigenvalue weighted by Crippen LogP contribution is 2.06. The van der Waals surface area contributed by atoms with E-state index in [1.54, 1.807) is 0 Å². The Morgan fingerprint density at radius 2 is 0.926 bits per heavy atom. The zero-order chi connectivity index (χ0) is 20.0. The summed E-state index contributed by atoms with van der Waals surface area (Å²) in [6.07, 6.45) is 10.1. The standard InChI is InChI=1S/C18H34O9/c1-3-5-7-9-11-13-15-21-26-24-17(19)23-18(20)25-27-22-16-14-12-10-8-6-4-2/h3-16H2,1-2H3. The lowest BCUT2D eigenvalue weighted by molar-refractivity contribution is -0.493. The van der Waals surface area contributed by atoms with Gasteiger partial charge in [-0.05, 0) is 22.9 Å². The fraction of sp³-hybridized carbons (Fsp3) is 0.889. The van der Waals surface area contributed by atoms with Gasteiger partial charge in [-0.2, -0.15) is 19.4 Å². The van der Waals surface area contributed by atoms with Crippen molar-refractivity contribution in [1.82, 2.24) is 0 Å². The van der Waals surface area contributed by atoms with Crippen molar-refractivity contribution in [3.63, 3.8) is 0 Å². The average Bonchev–Trinajstić information content (AvgIpc) is 2.65. The number of carbonyl (C=O) groups excluding carboxylic acids is 2. The molecule has 0 bridgehead atoms. The van der Waals surface area contributed by atoms with Crippen LogP contribution in [0.15, 0.2) is 0 Å². The second-order valence-corrected chi connectivity index (χ2v) is 6.08. The molecule has 9 nitrogen and oxygen atoms in total. The van der Waals surface area contributed by atoms with E-state index in [4.69, 9.17) is 0 Å². The Kier molecular flexibility index (Phi) is 19.8. The van der Waals surface area contributed by atoms with E-state index < -0.39 is 12.3 Å². The van der Waals surface area contributed by atoms with Crippen LogP contribution in [0, 0.1) is 0 Å². The van der Waals surface area contributed by atoms with Crippen LogP contribution in [0.4, 0.5) is 9.59 Å². The molecule has 0 N–H and O–H groups in total. The molecule has 160 valence electrons. The maximum absolute atomic E-state index is 11.1. The Hall–Kier alpha value is -1.42. The minimum absolute atomic E-state index is 0.263. The molecule has 0 atom stereocenters. The van der Waals surface area contributed by atoms with E-state index >= 15 is 0 Å². The van der Waals surface area contributed by atoms with Crippen LogP contribution in [0.5, 0.6) is 0 Å². The molecule has 0 rings (SSSR count). The predicted octanol–water partition coefficient (Wildman–Crippen LogP) is 5.72. The monoisotopic (exact) mass is 394 g/mol. The molecule has 0 amide bonds. The van der Waals surface area contributed by atoms with Gasteiger partial charge in [0.1, 0.15) is 0 Å². The quantitative estimate of drug-likeness (QED) is 0.0949. The van der Waals surface area contributed by atoms with Gasteiger partial charge in [0.25, 0.3) is 0 Å². The van der Waals surface area contributed by atoms with Crippen molar-refractivity contribution in [2.45, 2.75) is 90.9 Å². The van der Waals surface area contributed by atoms with E-state index in [1.807, 2.05) is 0 Å². The maximum Gasteiger partial charge on any atom is 0.553 e. The van der Waals surface area contributed by atoms with Gasteiger partial charge in [-0.3, -0.25) is 0 Å². The molecular weight excluding hydrogens is 360 g/mol. The average molecular weight is 394 g/mol. The normalized spacial score (nSPS) is 10.6. The lowest BCUT2D eigenvalue weighted by atomic mass is 10.1. The lowest BCUT2D eigenvalue weighted by Crippen LogP contribution is -2.16. The van der Waals surface area contributed by atoms with Gasteiger partial charge in [-0.1, -0.05) is 78.1 Å². The molecule has 0 aliphatic rings. The summed E-state index contributed by atoms with van der Waals surface area (Å²) < 4.78 is 4.06. The molecule has 0 spiro atoms. The fourth-order valence-electron chi connectivity index (χ4n) is 2.16. The highest BCUT2D eigenvalue weighted by atomic mass is 17.5. The van der Waals surface area contributed by atoms with Gasteiger partial charge in [0.2, 0.25) is 0 Å². The molecule has 0 radical (unpaired) electrons. The van der Waals surface area contributed by atoms with E-state index in [2.05, 4.69) is 48.2 Å². The van der Waals surface area contributed by atoms with Crippen molar-refractivity contribution in [2.24, 2.45) is 0 Å². The van der Waals surface area contributed by atoms with Crippen molar-refractivity contribution < 1.29 is 44.0 Å². The first-order valence-electron chi connectivity index (χ1n) is 9.88. The zero-order valence-corrected chi connectivity index (χ0v) is 16.6. The number of unbranched alkanes of at least 4 members (excludes halogenated alkanes) is 10. The zero-order valence-electron chi connectivity index (χ0n) is 16.6. The Balaban J connectivity index is 3.33. The molecule has 0 saturated heterocycles. The first-order chi connectivity index (χ1) is 13.2. The number of rotatable bonds is 18. The molecule has 0 aromatic carbocycles. The summed E-state index contributed by atoms with van der Waals surface area (Å²) in [4.78, 5) is 39.5. The van der Waals surface area contributed by atoms with E-state index in [0.717, 1.165) is 38.5 Å². The number of ether oxygens (including phenoxy) is 1. The highest BCUT2D eigenvalue weighted by molar-refractivity contribution is 5.76. The van der Waals surface area contributed by atoms with E-state index in [-0.39, 0.29) is 13.2 Å². The molecule has 0 saturated carbocycles. The van der Waals surface area contributed by atoms with Gasteiger partial charge >= 0.3 is 12.3 Å². The van der Waals surface area contributed by atoms with Crippen molar-refractivity contribution >= 4 is 12.3 Å². The molecule has 0 heterocycles. The van der Waals surface area contributed by atoms with Crippen molar-refractivity contribution in [2.75, 3.05) is 13.2 Å². The van der Waals surface area contributed by atoms with Gasteiger partial charge < -0.3 is 4.74 Å². The van der Waals surface area contributed by atoms with E-state index in [1.165, 1.54) is 38.5 Å². The van der Waals surface area contributed by atoms with Crippen LogP contribution in [-0.2, 0) is 34.4 Å². The van der Waals surface area contributed by atoms with Gasteiger partial charge in [-0.25, -0.2) is 9.78 Å². The summed E-state index contributed by atoms with van der Waals surface area (Å²) in [6, 6.07) is 0. The summed E-state index contributed by atoms with van der Waals surface area (Å²) in [7, 11) is 0. The largest absolute Gasteiger partial charge is 0.553 e. The first-order valence-corrected chi connectivity index (χ1v) is 9.88. The molecule has 0 unspecified atom stereocenters. The van der Waals surface area contributed by atoms with Crippen molar-refractivity contribution in [3.05, 3.63) is 0 Å². The molecule has 0 aliphatic carbocycles. The molecule has 9 heteroatoms. The fourth-order valence-corrected chi connectivity index (χ4v) is 2.16. The van der Waals surface area contributed by atoms with Gasteiger partial charge in [0, 0.05) is 0 Å². The Bertz CT molecular complexity index is 318. The Morgan fingerprint density at radius 1 is 0.556 bits per heavy atom. The van der Waals surface area contributed by atoms with Crippen LogP contribution in [0.3, 0.4) is 0 Å². The molecule has 0 fully saturated rings. The van der Waals surface area contributed by atoms with Crippen LogP contribution in [0.1, 0.15) is 90.9 Å².